The van der Waals surface area contributed by atoms with E-state index in [1.165, 1.54) is 7.11 Å². The van der Waals surface area contributed by atoms with Crippen LogP contribution in [0, 0.1) is 0 Å². The van der Waals surface area contributed by atoms with Crippen molar-refractivity contribution < 1.29 is 14.3 Å². The molecule has 1 rings (SSSR count). The third kappa shape index (κ3) is 4.32. The number of benzene rings is 1. The first kappa shape index (κ1) is 13.3. The van der Waals surface area contributed by atoms with Crippen molar-refractivity contribution in [3.8, 4) is 5.75 Å². The lowest BCUT2D eigenvalue weighted by molar-refractivity contribution is 0.0481. The average Bonchev–Trinajstić information content (AvgIpc) is 2.27. The van der Waals surface area contributed by atoms with Crippen LogP contribution in [0.15, 0.2) is 18.2 Å². The van der Waals surface area contributed by atoms with E-state index in [0.29, 0.717) is 30.2 Å². The fraction of sp³-hybridized carbons (Fsp3) is 0.417. The van der Waals surface area contributed by atoms with Crippen molar-refractivity contribution in [1.82, 2.24) is 4.90 Å². The highest BCUT2D eigenvalue weighted by Crippen LogP contribution is 2.18. The first-order valence-electron chi connectivity index (χ1n) is 5.29. The summed E-state index contributed by atoms with van der Waals surface area (Å²) in [5, 5.41) is 0. The van der Waals surface area contributed by atoms with Crippen LogP contribution in [0.3, 0.4) is 0 Å². The molecule has 0 radical (unpaired) electrons. The van der Waals surface area contributed by atoms with E-state index in [4.69, 9.17) is 15.2 Å². The van der Waals surface area contributed by atoms with Crippen LogP contribution in [0.5, 0.6) is 5.75 Å². The van der Waals surface area contributed by atoms with Crippen molar-refractivity contribution in [3.63, 3.8) is 0 Å². The van der Waals surface area contributed by atoms with Gasteiger partial charge >= 0.3 is 5.97 Å². The van der Waals surface area contributed by atoms with Gasteiger partial charge in [-0.25, -0.2) is 4.79 Å². The maximum atomic E-state index is 11.7. The number of anilines is 1. The second-order valence-electron chi connectivity index (χ2n) is 3.93. The highest BCUT2D eigenvalue weighted by molar-refractivity contribution is 5.91. The first-order chi connectivity index (χ1) is 8.02. The molecular weight excluding hydrogens is 220 g/mol. The fourth-order valence-electron chi connectivity index (χ4n) is 1.26. The van der Waals surface area contributed by atoms with E-state index in [1.54, 1.807) is 18.2 Å². The van der Waals surface area contributed by atoms with Crippen molar-refractivity contribution in [3.05, 3.63) is 23.8 Å². The lowest BCUT2D eigenvalue weighted by Gasteiger charge is -2.10. The maximum Gasteiger partial charge on any atom is 0.338 e. The summed E-state index contributed by atoms with van der Waals surface area (Å²) < 4.78 is 10.1. The van der Waals surface area contributed by atoms with Gasteiger partial charge in [-0.1, -0.05) is 0 Å². The van der Waals surface area contributed by atoms with Crippen LogP contribution in [-0.2, 0) is 4.74 Å². The highest BCUT2D eigenvalue weighted by atomic mass is 16.5. The number of carbonyl (C=O) groups is 1. The van der Waals surface area contributed by atoms with Gasteiger partial charge in [0.15, 0.2) is 0 Å². The Hall–Kier alpha value is -1.75. The quantitative estimate of drug-likeness (QED) is 0.612. The van der Waals surface area contributed by atoms with Gasteiger partial charge < -0.3 is 20.1 Å². The fourth-order valence-corrected chi connectivity index (χ4v) is 1.26. The number of nitrogen functional groups attached to an aromatic ring is 1. The molecule has 17 heavy (non-hydrogen) atoms. The zero-order valence-corrected chi connectivity index (χ0v) is 10.4. The smallest absolute Gasteiger partial charge is 0.338 e. The van der Waals surface area contributed by atoms with Gasteiger partial charge in [0.1, 0.15) is 12.4 Å². The zero-order valence-electron chi connectivity index (χ0n) is 10.4. The lowest BCUT2D eigenvalue weighted by atomic mass is 10.2. The molecule has 5 nitrogen and oxygen atoms in total. The number of carbonyl (C=O) groups excluding carboxylic acids is 1. The summed E-state index contributed by atoms with van der Waals surface area (Å²) in [5.41, 5.74) is 6.53. The molecule has 0 unspecified atom stereocenters. The summed E-state index contributed by atoms with van der Waals surface area (Å²) in [7, 11) is 5.35. The molecule has 94 valence electrons. The van der Waals surface area contributed by atoms with E-state index in [0.717, 1.165) is 0 Å². The van der Waals surface area contributed by atoms with E-state index in [9.17, 15) is 4.79 Å². The molecule has 0 aliphatic rings. The third-order valence-electron chi connectivity index (χ3n) is 2.17. The van der Waals surface area contributed by atoms with Gasteiger partial charge in [0.2, 0.25) is 0 Å². The molecule has 0 saturated heterocycles. The van der Waals surface area contributed by atoms with Gasteiger partial charge in [-0.15, -0.1) is 0 Å². The van der Waals surface area contributed by atoms with Crippen LogP contribution in [0.2, 0.25) is 0 Å². The zero-order chi connectivity index (χ0) is 12.8. The van der Waals surface area contributed by atoms with Crippen LogP contribution >= 0.6 is 0 Å². The van der Waals surface area contributed by atoms with Gasteiger partial charge in [-0.05, 0) is 26.2 Å². The number of ether oxygens (including phenoxy) is 2. The van der Waals surface area contributed by atoms with Crippen molar-refractivity contribution in [2.45, 2.75) is 0 Å². The number of likely N-dealkylation sites (N-methyl/N-ethyl adjacent to an activating group) is 1. The average molecular weight is 238 g/mol. The molecule has 5 heteroatoms. The first-order valence-corrected chi connectivity index (χ1v) is 5.29. The van der Waals surface area contributed by atoms with Crippen LogP contribution in [0.25, 0.3) is 0 Å². The summed E-state index contributed by atoms with van der Waals surface area (Å²) in [6.07, 6.45) is 0. The minimum absolute atomic E-state index is 0.350. The monoisotopic (exact) mass is 238 g/mol. The van der Waals surface area contributed by atoms with E-state index in [1.807, 2.05) is 19.0 Å². The normalized spacial score (nSPS) is 10.4. The van der Waals surface area contributed by atoms with Crippen molar-refractivity contribution in [2.24, 2.45) is 0 Å². The van der Waals surface area contributed by atoms with E-state index < -0.39 is 5.97 Å². The van der Waals surface area contributed by atoms with E-state index in [2.05, 4.69) is 0 Å². The largest absolute Gasteiger partial charge is 0.497 e. The molecular formula is C12H18N2O3. The number of nitrogens with zero attached hydrogens (tertiary/aromatic N) is 1. The summed E-state index contributed by atoms with van der Waals surface area (Å²) in [5.74, 6) is 0.155. The van der Waals surface area contributed by atoms with E-state index in [-0.39, 0.29) is 0 Å². The van der Waals surface area contributed by atoms with Crippen LogP contribution in [0.1, 0.15) is 10.4 Å². The standard InChI is InChI=1S/C12H18N2O3/c1-14(2)4-5-17-12(15)9-6-10(13)8-11(7-9)16-3/h6-8H,4-5,13H2,1-3H3. The van der Waals surface area contributed by atoms with Gasteiger partial charge in [0.25, 0.3) is 0 Å². The van der Waals surface area contributed by atoms with Crippen LogP contribution in [-0.4, -0.2) is 45.2 Å². The Morgan fingerprint density at radius 2 is 2.06 bits per heavy atom. The Morgan fingerprint density at radius 1 is 1.35 bits per heavy atom. The second kappa shape index (κ2) is 6.10. The summed E-state index contributed by atoms with van der Waals surface area (Å²) in [4.78, 5) is 13.6. The minimum Gasteiger partial charge on any atom is -0.497 e. The summed E-state index contributed by atoms with van der Waals surface area (Å²) in [6, 6.07) is 4.82. The highest BCUT2D eigenvalue weighted by Gasteiger charge is 2.09. The topological polar surface area (TPSA) is 64.8 Å². The van der Waals surface area contributed by atoms with E-state index >= 15 is 0 Å². The minimum atomic E-state index is -0.391. The molecule has 0 saturated carbocycles. The number of hydrogen-bond acceptors (Lipinski definition) is 5. The molecule has 0 atom stereocenters. The van der Waals surface area contributed by atoms with Crippen LogP contribution in [0.4, 0.5) is 5.69 Å². The van der Waals surface area contributed by atoms with Gasteiger partial charge in [0.05, 0.1) is 12.7 Å². The predicted molar refractivity (Wildman–Crippen MR) is 66.2 cm³/mol. The molecule has 0 amide bonds. The third-order valence-corrected chi connectivity index (χ3v) is 2.17. The number of rotatable bonds is 5. The molecule has 0 aliphatic carbocycles. The molecule has 0 heterocycles. The Labute approximate surface area is 101 Å². The second-order valence-corrected chi connectivity index (χ2v) is 3.93. The molecule has 1 aromatic carbocycles. The molecule has 0 aromatic heterocycles. The van der Waals surface area contributed by atoms with Gasteiger partial charge in [-0.2, -0.15) is 0 Å². The Morgan fingerprint density at radius 3 is 2.65 bits per heavy atom. The lowest BCUT2D eigenvalue weighted by Crippen LogP contribution is -2.20. The molecule has 1 aromatic rings. The Kier molecular flexibility index (Phi) is 4.78. The van der Waals surface area contributed by atoms with Gasteiger partial charge in [0, 0.05) is 18.3 Å². The van der Waals surface area contributed by atoms with Crippen LogP contribution < -0.4 is 10.5 Å². The molecule has 0 fully saturated rings. The Balaban J connectivity index is 2.65. The van der Waals surface area contributed by atoms with Crippen molar-refractivity contribution >= 4 is 11.7 Å². The number of hydrogen-bond donors (Lipinski definition) is 1. The number of methoxy groups -OCH3 is 1. The maximum absolute atomic E-state index is 11.7. The molecule has 0 spiro atoms. The van der Waals surface area contributed by atoms with Crippen molar-refractivity contribution in [1.29, 1.82) is 0 Å². The summed E-state index contributed by atoms with van der Waals surface area (Å²) in [6.45, 7) is 1.04. The predicted octanol–water partition coefficient (Wildman–Crippen LogP) is 0.996. The number of esters is 1. The van der Waals surface area contributed by atoms with Crippen molar-refractivity contribution in [2.75, 3.05) is 40.1 Å². The molecule has 0 bridgehead atoms. The number of nitrogens with two attached hydrogens (primary N) is 1. The SMILES string of the molecule is COc1cc(N)cc(C(=O)OCCN(C)C)c1. The van der Waals surface area contributed by atoms with Gasteiger partial charge in [-0.3, -0.25) is 0 Å². The molecule has 0 aliphatic heterocycles. The molecule has 2 N–H and O–H groups in total. The Bertz CT molecular complexity index is 391. The summed E-state index contributed by atoms with van der Waals surface area (Å²) >= 11 is 0.